The standard InChI is InChI=1S/C26H22ClN3O4S/c1-34-25(33)18-9-13-21(14-10-18)28-23(31)15-22-24(32)30(16-17-7-11-19(27)12-8-17)26(35-22)29-20-5-3-2-4-6-20/h2-14,22H,15-16H2,1H3,(H,28,31). The van der Waals surface area contributed by atoms with Gasteiger partial charge in [0.1, 0.15) is 5.25 Å². The summed E-state index contributed by atoms with van der Waals surface area (Å²) in [6, 6.07) is 23.0. The average molecular weight is 508 g/mol. The first-order valence-electron chi connectivity index (χ1n) is 10.8. The van der Waals surface area contributed by atoms with E-state index in [9.17, 15) is 14.4 Å². The summed E-state index contributed by atoms with van der Waals surface area (Å²) in [6.07, 6.45) is -0.0207. The van der Waals surface area contributed by atoms with Crippen molar-refractivity contribution in [1.29, 1.82) is 0 Å². The lowest BCUT2D eigenvalue weighted by atomic mass is 10.2. The van der Waals surface area contributed by atoms with E-state index in [-0.39, 0.29) is 18.2 Å². The highest BCUT2D eigenvalue weighted by Crippen LogP contribution is 2.33. The van der Waals surface area contributed by atoms with E-state index >= 15 is 0 Å². The molecule has 1 aliphatic rings. The van der Waals surface area contributed by atoms with Crippen LogP contribution in [0.4, 0.5) is 11.4 Å². The number of aliphatic imine (C=N–C) groups is 1. The zero-order valence-electron chi connectivity index (χ0n) is 18.8. The minimum Gasteiger partial charge on any atom is -0.465 e. The molecule has 0 saturated carbocycles. The zero-order chi connectivity index (χ0) is 24.8. The van der Waals surface area contributed by atoms with Crippen LogP contribution in [0.5, 0.6) is 0 Å². The first-order chi connectivity index (χ1) is 16.9. The Morgan fingerprint density at radius 3 is 2.37 bits per heavy atom. The highest BCUT2D eigenvalue weighted by atomic mass is 35.5. The van der Waals surface area contributed by atoms with Gasteiger partial charge in [-0.1, -0.05) is 53.7 Å². The van der Waals surface area contributed by atoms with Crippen molar-refractivity contribution in [3.8, 4) is 0 Å². The van der Waals surface area contributed by atoms with Gasteiger partial charge in [0.25, 0.3) is 0 Å². The molecule has 4 rings (SSSR count). The summed E-state index contributed by atoms with van der Waals surface area (Å²) >= 11 is 7.27. The molecule has 178 valence electrons. The fourth-order valence-electron chi connectivity index (χ4n) is 3.44. The van der Waals surface area contributed by atoms with Crippen molar-refractivity contribution in [1.82, 2.24) is 4.90 Å². The number of nitrogens with one attached hydrogen (secondary N) is 1. The lowest BCUT2D eigenvalue weighted by Gasteiger charge is -2.16. The molecular formula is C26H22ClN3O4S. The van der Waals surface area contributed by atoms with E-state index in [1.54, 1.807) is 41.3 Å². The molecule has 1 aliphatic heterocycles. The summed E-state index contributed by atoms with van der Waals surface area (Å²) in [4.78, 5) is 43.8. The van der Waals surface area contributed by atoms with Crippen LogP contribution in [0.15, 0.2) is 83.9 Å². The number of ether oxygens (including phenoxy) is 1. The molecule has 0 spiro atoms. The lowest BCUT2D eigenvalue weighted by molar-refractivity contribution is -0.128. The number of esters is 1. The van der Waals surface area contributed by atoms with Crippen LogP contribution in [-0.2, 0) is 20.9 Å². The molecule has 0 bridgehead atoms. The summed E-state index contributed by atoms with van der Waals surface area (Å²) in [7, 11) is 1.31. The topological polar surface area (TPSA) is 88.1 Å². The monoisotopic (exact) mass is 507 g/mol. The lowest BCUT2D eigenvalue weighted by Crippen LogP contribution is -2.33. The van der Waals surface area contributed by atoms with Crippen LogP contribution in [0.2, 0.25) is 5.02 Å². The number of benzene rings is 3. The second kappa shape index (κ2) is 11.2. The third-order valence-electron chi connectivity index (χ3n) is 5.22. The molecule has 0 aliphatic carbocycles. The van der Waals surface area contributed by atoms with E-state index in [1.807, 2.05) is 42.5 Å². The number of hydrogen-bond acceptors (Lipinski definition) is 6. The second-order valence-corrected chi connectivity index (χ2v) is 9.31. The van der Waals surface area contributed by atoms with Gasteiger partial charge in [0.15, 0.2) is 5.17 Å². The maximum atomic E-state index is 13.3. The molecule has 2 amide bonds. The normalized spacial score (nSPS) is 16.4. The van der Waals surface area contributed by atoms with Gasteiger partial charge in [-0.3, -0.25) is 14.5 Å². The Balaban J connectivity index is 1.48. The minimum atomic E-state index is -0.612. The third kappa shape index (κ3) is 6.29. The Labute approximate surface area is 212 Å². The van der Waals surface area contributed by atoms with E-state index in [2.05, 4.69) is 15.0 Å². The first kappa shape index (κ1) is 24.5. The molecule has 1 atom stereocenters. The number of carbonyl (C=O) groups is 3. The molecule has 1 unspecified atom stereocenters. The van der Waals surface area contributed by atoms with Crippen LogP contribution in [0.25, 0.3) is 0 Å². The highest BCUT2D eigenvalue weighted by Gasteiger charge is 2.39. The molecule has 1 saturated heterocycles. The van der Waals surface area contributed by atoms with E-state index in [4.69, 9.17) is 11.6 Å². The zero-order valence-corrected chi connectivity index (χ0v) is 20.4. The summed E-state index contributed by atoms with van der Waals surface area (Å²) in [5.74, 6) is -0.952. The minimum absolute atomic E-state index is 0.0207. The Hall–Kier alpha value is -3.62. The third-order valence-corrected chi connectivity index (χ3v) is 6.64. The molecule has 35 heavy (non-hydrogen) atoms. The summed E-state index contributed by atoms with van der Waals surface area (Å²) < 4.78 is 4.68. The van der Waals surface area contributed by atoms with Crippen molar-refractivity contribution in [3.05, 3.63) is 95.0 Å². The van der Waals surface area contributed by atoms with Crippen LogP contribution in [-0.4, -0.2) is 40.2 Å². The number of halogens is 1. The number of amidine groups is 1. The van der Waals surface area contributed by atoms with Gasteiger partial charge in [-0.15, -0.1) is 0 Å². The van der Waals surface area contributed by atoms with Crippen molar-refractivity contribution in [2.24, 2.45) is 4.99 Å². The molecular weight excluding hydrogens is 486 g/mol. The predicted octanol–water partition coefficient (Wildman–Crippen LogP) is 5.29. The maximum Gasteiger partial charge on any atom is 0.337 e. The van der Waals surface area contributed by atoms with Crippen LogP contribution in [0.1, 0.15) is 22.3 Å². The molecule has 9 heteroatoms. The van der Waals surface area contributed by atoms with Gasteiger partial charge in [-0.05, 0) is 54.1 Å². The largest absolute Gasteiger partial charge is 0.465 e. The SMILES string of the molecule is COC(=O)c1ccc(NC(=O)CC2SC(=Nc3ccccc3)N(Cc3ccc(Cl)cc3)C2=O)cc1. The maximum absolute atomic E-state index is 13.3. The molecule has 3 aromatic rings. The van der Waals surface area contributed by atoms with Gasteiger partial charge in [0.05, 0.1) is 24.9 Å². The number of para-hydroxylation sites is 1. The van der Waals surface area contributed by atoms with Crippen molar-refractivity contribution in [2.75, 3.05) is 12.4 Å². The number of hydrogen-bond donors (Lipinski definition) is 1. The first-order valence-corrected chi connectivity index (χ1v) is 12.0. The van der Waals surface area contributed by atoms with Crippen LogP contribution in [0.3, 0.4) is 0 Å². The fraction of sp³-hybridized carbons (Fsp3) is 0.154. The molecule has 1 heterocycles. The van der Waals surface area contributed by atoms with Gasteiger partial charge < -0.3 is 10.1 Å². The van der Waals surface area contributed by atoms with Crippen LogP contribution in [0, 0.1) is 0 Å². The van der Waals surface area contributed by atoms with E-state index in [0.717, 1.165) is 11.3 Å². The van der Waals surface area contributed by atoms with Gasteiger partial charge in [-0.25, -0.2) is 9.79 Å². The average Bonchev–Trinajstić information content (AvgIpc) is 3.14. The predicted molar refractivity (Wildman–Crippen MR) is 138 cm³/mol. The number of carbonyl (C=O) groups excluding carboxylic acids is 3. The Kier molecular flexibility index (Phi) is 7.84. The number of nitrogens with zero attached hydrogens (tertiary/aromatic N) is 2. The van der Waals surface area contributed by atoms with Gasteiger partial charge in [-0.2, -0.15) is 0 Å². The molecule has 7 nitrogen and oxygen atoms in total. The van der Waals surface area contributed by atoms with Gasteiger partial charge in [0, 0.05) is 17.1 Å². The van der Waals surface area contributed by atoms with Crippen molar-refractivity contribution in [2.45, 2.75) is 18.2 Å². The number of rotatable bonds is 7. The molecule has 0 radical (unpaired) electrons. The Morgan fingerprint density at radius 1 is 1.03 bits per heavy atom. The number of methoxy groups -OCH3 is 1. The summed E-state index contributed by atoms with van der Waals surface area (Å²) in [5.41, 5.74) is 2.53. The second-order valence-electron chi connectivity index (χ2n) is 7.71. The molecule has 1 fully saturated rings. The smallest absolute Gasteiger partial charge is 0.337 e. The van der Waals surface area contributed by atoms with Crippen LogP contribution >= 0.6 is 23.4 Å². The van der Waals surface area contributed by atoms with E-state index < -0.39 is 11.2 Å². The summed E-state index contributed by atoms with van der Waals surface area (Å²) in [5, 5.41) is 3.32. The van der Waals surface area contributed by atoms with E-state index in [0.29, 0.717) is 28.0 Å². The summed E-state index contributed by atoms with van der Waals surface area (Å²) in [6.45, 7) is 0.321. The Bertz CT molecular complexity index is 1250. The number of thioether (sulfide) groups is 1. The Morgan fingerprint density at radius 2 is 1.71 bits per heavy atom. The van der Waals surface area contributed by atoms with Crippen molar-refractivity contribution < 1.29 is 19.1 Å². The fourth-order valence-corrected chi connectivity index (χ4v) is 4.73. The number of anilines is 1. The van der Waals surface area contributed by atoms with Crippen molar-refractivity contribution in [3.63, 3.8) is 0 Å². The van der Waals surface area contributed by atoms with E-state index in [1.165, 1.54) is 18.9 Å². The molecule has 1 N–H and O–H groups in total. The van der Waals surface area contributed by atoms with Crippen molar-refractivity contribution >= 4 is 57.7 Å². The quantitative estimate of drug-likeness (QED) is 0.439. The van der Waals surface area contributed by atoms with Gasteiger partial charge in [0.2, 0.25) is 11.8 Å². The highest BCUT2D eigenvalue weighted by molar-refractivity contribution is 8.15. The molecule has 3 aromatic carbocycles. The van der Waals surface area contributed by atoms with Crippen LogP contribution < -0.4 is 5.32 Å². The van der Waals surface area contributed by atoms with Gasteiger partial charge >= 0.3 is 5.97 Å². The number of amides is 2. The molecule has 0 aromatic heterocycles.